The van der Waals surface area contributed by atoms with Gasteiger partial charge in [0.1, 0.15) is 0 Å². The Labute approximate surface area is 182 Å². The molecule has 1 aliphatic rings. The molecule has 0 saturated carbocycles. The minimum atomic E-state index is -0.0318. The Balaban J connectivity index is 0.00000150. The van der Waals surface area contributed by atoms with Crippen molar-refractivity contribution in [1.82, 2.24) is 30.0 Å². The van der Waals surface area contributed by atoms with E-state index in [1.54, 1.807) is 17.1 Å². The van der Waals surface area contributed by atoms with Crippen LogP contribution in [0, 0.1) is 13.8 Å². The molecule has 4 rings (SSSR count). The molecule has 154 valence electrons. The number of nitrogens with one attached hydrogen (secondary N) is 1. The maximum absolute atomic E-state index is 13.1. The highest BCUT2D eigenvalue weighted by Gasteiger charge is 2.29. The summed E-state index contributed by atoms with van der Waals surface area (Å²) < 4.78 is 1.78. The zero-order valence-corrected chi connectivity index (χ0v) is 17.9. The smallest absolute Gasteiger partial charge is 0.256 e. The summed E-state index contributed by atoms with van der Waals surface area (Å²) in [5.74, 6) is 0.694. The summed E-state index contributed by atoms with van der Waals surface area (Å²) in [6.07, 6.45) is 5.20. The number of amides is 1. The molecular weight excluding hydrogens is 411 g/mol. The van der Waals surface area contributed by atoms with E-state index in [-0.39, 0.29) is 36.8 Å². The molecule has 1 atom stereocenters. The van der Waals surface area contributed by atoms with Gasteiger partial charge in [0, 0.05) is 43.9 Å². The summed E-state index contributed by atoms with van der Waals surface area (Å²) in [4.78, 5) is 23.7. The van der Waals surface area contributed by atoms with Gasteiger partial charge >= 0.3 is 0 Å². The Hall–Kier alpha value is -2.48. The van der Waals surface area contributed by atoms with Crippen molar-refractivity contribution in [2.75, 3.05) is 19.6 Å². The molecule has 29 heavy (non-hydrogen) atoms. The minimum Gasteiger partial charge on any atom is -0.329 e. The van der Waals surface area contributed by atoms with Gasteiger partial charge in [0.15, 0.2) is 5.82 Å². The predicted molar refractivity (Wildman–Crippen MR) is 116 cm³/mol. The summed E-state index contributed by atoms with van der Waals surface area (Å²) in [6.45, 7) is 6.08. The first-order valence-corrected chi connectivity index (χ1v) is 9.05. The Morgan fingerprint density at radius 1 is 1.17 bits per heavy atom. The number of hydrogen-bond donors (Lipinski definition) is 1. The van der Waals surface area contributed by atoms with E-state index in [0.29, 0.717) is 24.5 Å². The van der Waals surface area contributed by atoms with Crippen LogP contribution in [0.5, 0.6) is 0 Å². The molecule has 1 N–H and O–H groups in total. The zero-order chi connectivity index (χ0) is 18.8. The monoisotopic (exact) mass is 434 g/mol. The van der Waals surface area contributed by atoms with Gasteiger partial charge in [-0.25, -0.2) is 9.67 Å². The first-order valence-electron chi connectivity index (χ1n) is 9.05. The van der Waals surface area contributed by atoms with Crippen molar-refractivity contribution in [3.05, 3.63) is 71.4 Å². The molecule has 3 aromatic heterocycles. The lowest BCUT2D eigenvalue weighted by Gasteiger charge is -2.36. The third-order valence-electron chi connectivity index (χ3n) is 4.79. The average molecular weight is 435 g/mol. The number of aromatic nitrogens is 4. The fourth-order valence-corrected chi connectivity index (χ4v) is 3.48. The number of pyridine rings is 2. The third-order valence-corrected chi connectivity index (χ3v) is 4.79. The Kier molecular flexibility index (Phi) is 7.73. The lowest BCUT2D eigenvalue weighted by molar-refractivity contribution is 0.0633. The molecule has 3 aromatic rings. The molecule has 0 bridgehead atoms. The first kappa shape index (κ1) is 22.8. The van der Waals surface area contributed by atoms with Crippen molar-refractivity contribution >= 4 is 30.7 Å². The summed E-state index contributed by atoms with van der Waals surface area (Å²) in [7, 11) is 0. The highest BCUT2D eigenvalue weighted by molar-refractivity contribution is 5.94. The third kappa shape index (κ3) is 4.75. The molecule has 1 fully saturated rings. The van der Waals surface area contributed by atoms with Crippen LogP contribution < -0.4 is 5.32 Å². The summed E-state index contributed by atoms with van der Waals surface area (Å²) in [6, 6.07) is 9.54. The van der Waals surface area contributed by atoms with Crippen LogP contribution in [0.15, 0.2) is 48.9 Å². The van der Waals surface area contributed by atoms with E-state index < -0.39 is 0 Å². The molecule has 1 aliphatic heterocycles. The topological polar surface area (TPSA) is 75.9 Å². The van der Waals surface area contributed by atoms with E-state index in [2.05, 4.69) is 20.4 Å². The molecule has 0 radical (unpaired) electrons. The van der Waals surface area contributed by atoms with Crippen LogP contribution in [-0.2, 0) is 0 Å². The molecule has 9 heteroatoms. The molecule has 0 aromatic carbocycles. The number of rotatable bonds is 3. The van der Waals surface area contributed by atoms with Gasteiger partial charge in [-0.3, -0.25) is 9.78 Å². The van der Waals surface area contributed by atoms with Gasteiger partial charge in [0.25, 0.3) is 5.91 Å². The van der Waals surface area contributed by atoms with Gasteiger partial charge in [-0.2, -0.15) is 5.10 Å². The number of carbonyl (C=O) groups excluding carboxylic acids is 1. The van der Waals surface area contributed by atoms with Crippen LogP contribution in [0.4, 0.5) is 0 Å². The largest absolute Gasteiger partial charge is 0.329 e. The summed E-state index contributed by atoms with van der Waals surface area (Å²) in [5.41, 5.74) is 3.56. The van der Waals surface area contributed by atoms with Gasteiger partial charge < -0.3 is 10.2 Å². The van der Waals surface area contributed by atoms with Gasteiger partial charge in [-0.15, -0.1) is 24.8 Å². The minimum absolute atomic E-state index is 0. The normalized spacial score (nSPS) is 15.9. The number of hydrogen-bond acceptors (Lipinski definition) is 5. The van der Waals surface area contributed by atoms with Gasteiger partial charge in [0.2, 0.25) is 0 Å². The molecule has 0 spiro atoms. The van der Waals surface area contributed by atoms with E-state index in [0.717, 1.165) is 23.5 Å². The summed E-state index contributed by atoms with van der Waals surface area (Å²) >= 11 is 0. The van der Waals surface area contributed by atoms with E-state index in [1.807, 2.05) is 55.3 Å². The number of carbonyl (C=O) groups is 1. The molecule has 4 heterocycles. The second-order valence-corrected chi connectivity index (χ2v) is 6.75. The predicted octanol–water partition coefficient (Wildman–Crippen LogP) is 2.91. The number of aryl methyl sites for hydroxylation is 2. The Morgan fingerprint density at radius 2 is 2.00 bits per heavy atom. The molecule has 0 aliphatic carbocycles. The van der Waals surface area contributed by atoms with Gasteiger partial charge in [-0.05, 0) is 43.7 Å². The lowest BCUT2D eigenvalue weighted by atomic mass is 10.0. The van der Waals surface area contributed by atoms with Crippen molar-refractivity contribution in [3.63, 3.8) is 0 Å². The Bertz CT molecular complexity index is 945. The quantitative estimate of drug-likeness (QED) is 0.685. The molecule has 1 saturated heterocycles. The van der Waals surface area contributed by atoms with Crippen LogP contribution >= 0.6 is 24.8 Å². The molecule has 1 amide bonds. The second-order valence-electron chi connectivity index (χ2n) is 6.75. The van der Waals surface area contributed by atoms with Crippen LogP contribution in [-0.4, -0.2) is 50.2 Å². The highest BCUT2D eigenvalue weighted by Crippen LogP contribution is 2.23. The second kappa shape index (κ2) is 9.82. The van der Waals surface area contributed by atoms with E-state index in [4.69, 9.17) is 0 Å². The van der Waals surface area contributed by atoms with Gasteiger partial charge in [-0.1, -0.05) is 6.07 Å². The number of nitrogens with zero attached hydrogens (tertiary/aromatic N) is 5. The highest BCUT2D eigenvalue weighted by atomic mass is 35.5. The SMILES string of the molecule is Cc1cc(C)n(-c2ccc(C(=O)N3CCNCC3c3cccnc3)cn2)n1.Cl.Cl. The van der Waals surface area contributed by atoms with Crippen LogP contribution in [0.3, 0.4) is 0 Å². The van der Waals surface area contributed by atoms with Crippen molar-refractivity contribution in [3.8, 4) is 5.82 Å². The van der Waals surface area contributed by atoms with Crippen molar-refractivity contribution < 1.29 is 4.79 Å². The fraction of sp³-hybridized carbons (Fsp3) is 0.300. The molecule has 1 unspecified atom stereocenters. The standard InChI is InChI=1S/C20H22N6O.2ClH/c1-14-10-15(2)26(24-14)19-6-5-17(12-23-19)20(27)25-9-8-22-13-18(25)16-4-3-7-21-11-16;;/h3-7,10-12,18,22H,8-9,13H2,1-2H3;2*1H. The van der Waals surface area contributed by atoms with Crippen molar-refractivity contribution in [2.24, 2.45) is 0 Å². The van der Waals surface area contributed by atoms with Gasteiger partial charge in [0.05, 0.1) is 17.3 Å². The van der Waals surface area contributed by atoms with E-state index in [9.17, 15) is 4.79 Å². The first-order chi connectivity index (χ1) is 13.1. The lowest BCUT2D eigenvalue weighted by Crippen LogP contribution is -2.48. The van der Waals surface area contributed by atoms with E-state index >= 15 is 0 Å². The maximum atomic E-state index is 13.1. The molecule has 7 nitrogen and oxygen atoms in total. The van der Waals surface area contributed by atoms with Crippen molar-refractivity contribution in [2.45, 2.75) is 19.9 Å². The summed E-state index contributed by atoms with van der Waals surface area (Å²) in [5, 5.41) is 7.80. The number of halogens is 2. The number of piperazine rings is 1. The van der Waals surface area contributed by atoms with E-state index in [1.165, 1.54) is 0 Å². The van der Waals surface area contributed by atoms with Crippen LogP contribution in [0.1, 0.15) is 33.4 Å². The zero-order valence-electron chi connectivity index (χ0n) is 16.3. The molecular formula is C20H24Cl2N6O. The maximum Gasteiger partial charge on any atom is 0.256 e. The fourth-order valence-electron chi connectivity index (χ4n) is 3.48. The average Bonchev–Trinajstić information content (AvgIpc) is 3.06. The van der Waals surface area contributed by atoms with Crippen molar-refractivity contribution in [1.29, 1.82) is 0 Å². The van der Waals surface area contributed by atoms with Crippen LogP contribution in [0.25, 0.3) is 5.82 Å². The Morgan fingerprint density at radius 3 is 2.62 bits per heavy atom. The van der Waals surface area contributed by atoms with Crippen LogP contribution in [0.2, 0.25) is 0 Å².